The Morgan fingerprint density at radius 3 is 2.75 bits per heavy atom. The molecule has 12 heavy (non-hydrogen) atoms. The Balaban J connectivity index is 2.63. The number of carbonyl (C=O) groups is 1. The van der Waals surface area contributed by atoms with Gasteiger partial charge < -0.3 is 5.11 Å². The largest absolute Gasteiger partial charge is 0.473 e. The van der Waals surface area contributed by atoms with Gasteiger partial charge in [0.15, 0.2) is 0 Å². The fourth-order valence-corrected chi connectivity index (χ4v) is 1.51. The zero-order valence-corrected chi connectivity index (χ0v) is 7.60. The van der Waals surface area contributed by atoms with E-state index < -0.39 is 5.30 Å². The van der Waals surface area contributed by atoms with E-state index in [9.17, 15) is 4.79 Å². The van der Waals surface area contributed by atoms with Gasteiger partial charge in [0, 0.05) is 5.75 Å². The van der Waals surface area contributed by atoms with Gasteiger partial charge in [-0.05, 0) is 29.8 Å². The van der Waals surface area contributed by atoms with E-state index >= 15 is 0 Å². The van der Waals surface area contributed by atoms with Gasteiger partial charge in [0.2, 0.25) is 0 Å². The van der Waals surface area contributed by atoms with Gasteiger partial charge in [-0.1, -0.05) is 24.3 Å². The second kappa shape index (κ2) is 4.16. The Morgan fingerprint density at radius 1 is 1.50 bits per heavy atom. The summed E-state index contributed by atoms with van der Waals surface area (Å²) < 4.78 is 0. The smallest absolute Gasteiger partial charge is 0.365 e. The van der Waals surface area contributed by atoms with Crippen LogP contribution in [-0.2, 0) is 5.75 Å². The Kier molecular flexibility index (Phi) is 3.17. The molecule has 0 aliphatic heterocycles. The van der Waals surface area contributed by atoms with E-state index in [4.69, 9.17) is 5.11 Å². The van der Waals surface area contributed by atoms with E-state index in [1.807, 2.05) is 31.2 Å². The summed E-state index contributed by atoms with van der Waals surface area (Å²) in [6.07, 6.45) is 0. The van der Waals surface area contributed by atoms with Crippen LogP contribution in [0.3, 0.4) is 0 Å². The van der Waals surface area contributed by atoms with Gasteiger partial charge in [-0.25, -0.2) is 4.79 Å². The first-order valence-electron chi connectivity index (χ1n) is 3.60. The lowest BCUT2D eigenvalue weighted by Gasteiger charge is -2.01. The molecule has 0 aliphatic carbocycles. The van der Waals surface area contributed by atoms with Crippen LogP contribution in [0.4, 0.5) is 4.79 Å². The second-order valence-corrected chi connectivity index (χ2v) is 3.41. The number of aryl methyl sites for hydroxylation is 1. The molecule has 0 fully saturated rings. The molecule has 0 heterocycles. The van der Waals surface area contributed by atoms with Gasteiger partial charge in [-0.15, -0.1) is 0 Å². The molecular weight excluding hydrogens is 172 g/mol. The Labute approximate surface area is 75.6 Å². The summed E-state index contributed by atoms with van der Waals surface area (Å²) >= 11 is 0.915. The van der Waals surface area contributed by atoms with E-state index in [0.717, 1.165) is 22.9 Å². The molecule has 3 heteroatoms. The minimum atomic E-state index is -0.821. The van der Waals surface area contributed by atoms with E-state index in [1.54, 1.807) is 0 Å². The predicted molar refractivity (Wildman–Crippen MR) is 50.5 cm³/mol. The highest BCUT2D eigenvalue weighted by Gasteiger charge is 2.00. The maximum atomic E-state index is 10.2. The summed E-state index contributed by atoms with van der Waals surface area (Å²) in [6.45, 7) is 1.98. The third-order valence-electron chi connectivity index (χ3n) is 1.61. The highest BCUT2D eigenvalue weighted by molar-refractivity contribution is 8.12. The van der Waals surface area contributed by atoms with E-state index in [0.29, 0.717) is 5.75 Å². The van der Waals surface area contributed by atoms with Crippen molar-refractivity contribution in [3.63, 3.8) is 0 Å². The monoisotopic (exact) mass is 182 g/mol. The first-order chi connectivity index (χ1) is 5.70. The summed E-state index contributed by atoms with van der Waals surface area (Å²) in [5.41, 5.74) is 2.23. The van der Waals surface area contributed by atoms with Crippen LogP contribution in [0.1, 0.15) is 11.1 Å². The van der Waals surface area contributed by atoms with Crippen molar-refractivity contribution in [3.05, 3.63) is 35.4 Å². The molecule has 0 spiro atoms. The predicted octanol–water partition coefficient (Wildman–Crippen LogP) is 2.91. The molecule has 0 amide bonds. The molecule has 0 radical (unpaired) electrons. The lowest BCUT2D eigenvalue weighted by atomic mass is 10.1. The molecule has 1 rings (SSSR count). The first kappa shape index (κ1) is 9.13. The van der Waals surface area contributed by atoms with E-state index in [1.165, 1.54) is 0 Å². The van der Waals surface area contributed by atoms with E-state index in [2.05, 4.69) is 0 Å². The molecular formula is C9H10O2S. The number of hydrogen-bond donors (Lipinski definition) is 1. The lowest BCUT2D eigenvalue weighted by molar-refractivity contribution is 0.222. The van der Waals surface area contributed by atoms with Gasteiger partial charge in [0.1, 0.15) is 0 Å². The zero-order valence-electron chi connectivity index (χ0n) is 6.78. The van der Waals surface area contributed by atoms with Gasteiger partial charge in [0.05, 0.1) is 0 Å². The summed E-state index contributed by atoms with van der Waals surface area (Å²) in [5.74, 6) is 0.544. The van der Waals surface area contributed by atoms with Crippen molar-refractivity contribution in [2.45, 2.75) is 12.7 Å². The van der Waals surface area contributed by atoms with Crippen LogP contribution in [0.2, 0.25) is 0 Å². The summed E-state index contributed by atoms with van der Waals surface area (Å²) in [5, 5.41) is 7.61. The molecule has 0 saturated heterocycles. The average Bonchev–Trinajstić information content (AvgIpc) is 2.03. The summed E-state index contributed by atoms with van der Waals surface area (Å²) in [7, 11) is 0. The molecule has 64 valence electrons. The van der Waals surface area contributed by atoms with Crippen molar-refractivity contribution in [3.8, 4) is 0 Å². The molecule has 0 unspecified atom stereocenters. The van der Waals surface area contributed by atoms with Crippen LogP contribution in [0.25, 0.3) is 0 Å². The van der Waals surface area contributed by atoms with Crippen LogP contribution < -0.4 is 0 Å². The average molecular weight is 182 g/mol. The minimum Gasteiger partial charge on any atom is -0.473 e. The van der Waals surface area contributed by atoms with Crippen molar-refractivity contribution >= 4 is 17.1 Å². The first-order valence-corrected chi connectivity index (χ1v) is 4.59. The van der Waals surface area contributed by atoms with Crippen LogP contribution in [0.5, 0.6) is 0 Å². The van der Waals surface area contributed by atoms with Crippen LogP contribution in [0.15, 0.2) is 24.3 Å². The Morgan fingerprint density at radius 2 is 2.17 bits per heavy atom. The fraction of sp³-hybridized carbons (Fsp3) is 0.222. The standard InChI is InChI=1S/C9H10O2S/c1-7-4-2-3-5-8(7)6-12-9(10)11/h2-5H,6H2,1H3,(H,10,11). The van der Waals surface area contributed by atoms with Crippen molar-refractivity contribution in [2.24, 2.45) is 0 Å². The molecule has 2 nitrogen and oxygen atoms in total. The third-order valence-corrected chi connectivity index (χ3v) is 2.31. The van der Waals surface area contributed by atoms with Gasteiger partial charge in [0.25, 0.3) is 0 Å². The zero-order chi connectivity index (χ0) is 8.97. The molecule has 0 atom stereocenters. The summed E-state index contributed by atoms with van der Waals surface area (Å²) in [4.78, 5) is 10.2. The van der Waals surface area contributed by atoms with Gasteiger partial charge in [-0.2, -0.15) is 0 Å². The van der Waals surface area contributed by atoms with Crippen LogP contribution in [-0.4, -0.2) is 10.4 Å². The fourth-order valence-electron chi connectivity index (χ4n) is 0.912. The molecule has 1 aromatic rings. The number of hydrogen-bond acceptors (Lipinski definition) is 2. The van der Waals surface area contributed by atoms with Crippen LogP contribution >= 0.6 is 11.8 Å². The minimum absolute atomic E-state index is 0.544. The van der Waals surface area contributed by atoms with Crippen molar-refractivity contribution < 1.29 is 9.90 Å². The van der Waals surface area contributed by atoms with E-state index in [-0.39, 0.29) is 0 Å². The van der Waals surface area contributed by atoms with Gasteiger partial charge >= 0.3 is 5.30 Å². The normalized spacial score (nSPS) is 9.75. The number of rotatable bonds is 2. The molecule has 0 aliphatic rings. The highest BCUT2D eigenvalue weighted by atomic mass is 32.2. The maximum Gasteiger partial charge on any atom is 0.365 e. The summed E-state index contributed by atoms with van der Waals surface area (Å²) in [6, 6.07) is 7.80. The van der Waals surface area contributed by atoms with Crippen molar-refractivity contribution in [2.75, 3.05) is 0 Å². The van der Waals surface area contributed by atoms with Crippen molar-refractivity contribution in [1.29, 1.82) is 0 Å². The Hall–Kier alpha value is -0.960. The number of carboxylic acid groups (broad SMARTS) is 1. The van der Waals surface area contributed by atoms with Crippen molar-refractivity contribution in [1.82, 2.24) is 0 Å². The molecule has 0 saturated carbocycles. The van der Waals surface area contributed by atoms with Gasteiger partial charge in [-0.3, -0.25) is 0 Å². The molecule has 0 bridgehead atoms. The number of benzene rings is 1. The quantitative estimate of drug-likeness (QED) is 0.764. The molecule has 1 N–H and O–H groups in total. The highest BCUT2D eigenvalue weighted by Crippen LogP contribution is 2.15. The maximum absolute atomic E-state index is 10.2. The third kappa shape index (κ3) is 2.58. The lowest BCUT2D eigenvalue weighted by Crippen LogP contribution is -1.89. The Bertz CT molecular complexity index is 284. The molecule has 1 aromatic carbocycles. The SMILES string of the molecule is Cc1ccccc1CSC(=O)O. The molecule has 0 aromatic heterocycles. The second-order valence-electron chi connectivity index (χ2n) is 2.48. The topological polar surface area (TPSA) is 37.3 Å². The van der Waals surface area contributed by atoms with Crippen LogP contribution in [0, 0.1) is 6.92 Å². The number of thioether (sulfide) groups is 1.